The van der Waals surface area contributed by atoms with Crippen molar-refractivity contribution in [3.63, 3.8) is 0 Å². The van der Waals surface area contributed by atoms with Gasteiger partial charge in [0.1, 0.15) is 11.2 Å². The number of para-hydroxylation sites is 1. The van der Waals surface area contributed by atoms with Gasteiger partial charge in [-0.1, -0.05) is 164 Å². The van der Waals surface area contributed by atoms with Crippen molar-refractivity contribution in [3.8, 4) is 33.4 Å². The van der Waals surface area contributed by atoms with Crippen molar-refractivity contribution >= 4 is 60.5 Å². The highest BCUT2D eigenvalue weighted by molar-refractivity contribution is 6.22. The number of furan rings is 1. The average molecular weight is 664 g/mol. The van der Waals surface area contributed by atoms with Crippen molar-refractivity contribution in [2.75, 3.05) is 4.90 Å². The predicted octanol–water partition coefficient (Wildman–Crippen LogP) is 14.4. The van der Waals surface area contributed by atoms with E-state index in [0.29, 0.717) is 0 Å². The van der Waals surface area contributed by atoms with Crippen LogP contribution in [0.4, 0.5) is 17.1 Å². The lowest BCUT2D eigenvalue weighted by Gasteiger charge is -2.27. The summed E-state index contributed by atoms with van der Waals surface area (Å²) in [5, 5.41) is 6.92. The lowest BCUT2D eigenvalue weighted by molar-refractivity contribution is 0.672. The number of nitrogens with zero attached hydrogens (tertiary/aromatic N) is 1. The Balaban J connectivity index is 1.16. The maximum atomic E-state index is 6.66. The largest absolute Gasteiger partial charge is 0.455 e. The Kier molecular flexibility index (Phi) is 7.18. The molecule has 0 atom stereocenters. The van der Waals surface area contributed by atoms with Gasteiger partial charge < -0.3 is 9.32 Å². The minimum absolute atomic E-state index is 0.883. The Hall–Kier alpha value is -6.90. The molecule has 0 aliphatic rings. The highest BCUT2D eigenvalue weighted by atomic mass is 16.3. The van der Waals surface area contributed by atoms with Crippen molar-refractivity contribution in [1.82, 2.24) is 0 Å². The van der Waals surface area contributed by atoms with Gasteiger partial charge >= 0.3 is 0 Å². The summed E-state index contributed by atoms with van der Waals surface area (Å²) in [7, 11) is 0. The maximum Gasteiger partial charge on any atom is 0.145 e. The molecule has 0 fully saturated rings. The fourth-order valence-electron chi connectivity index (χ4n) is 7.72. The van der Waals surface area contributed by atoms with Gasteiger partial charge in [-0.2, -0.15) is 0 Å². The van der Waals surface area contributed by atoms with Gasteiger partial charge in [-0.05, 0) is 85.9 Å². The van der Waals surface area contributed by atoms with Crippen LogP contribution in [0, 0.1) is 0 Å². The van der Waals surface area contributed by atoms with Crippen molar-refractivity contribution in [2.24, 2.45) is 0 Å². The molecular formula is C50H33NO. The minimum Gasteiger partial charge on any atom is -0.455 e. The molecule has 0 radical (unpaired) electrons. The van der Waals surface area contributed by atoms with E-state index in [1.807, 2.05) is 6.07 Å². The molecule has 0 aliphatic carbocycles. The first kappa shape index (κ1) is 30.0. The highest BCUT2D eigenvalue weighted by Gasteiger charge is 2.22. The predicted molar refractivity (Wildman–Crippen MR) is 220 cm³/mol. The van der Waals surface area contributed by atoms with E-state index < -0.39 is 0 Å². The number of benzene rings is 9. The molecule has 0 saturated heterocycles. The van der Waals surface area contributed by atoms with Gasteiger partial charge in [0.25, 0.3) is 0 Å². The number of rotatable bonds is 6. The summed E-state index contributed by atoms with van der Waals surface area (Å²) < 4.78 is 6.66. The summed E-state index contributed by atoms with van der Waals surface area (Å²) >= 11 is 0. The van der Waals surface area contributed by atoms with Crippen LogP contribution in [0.25, 0.3) is 76.9 Å². The Labute approximate surface area is 302 Å². The fraction of sp³-hybridized carbons (Fsp3) is 0. The van der Waals surface area contributed by atoms with Gasteiger partial charge in [0.15, 0.2) is 0 Å². The topological polar surface area (TPSA) is 16.4 Å². The van der Waals surface area contributed by atoms with Crippen LogP contribution in [-0.2, 0) is 0 Å². The molecule has 10 aromatic rings. The van der Waals surface area contributed by atoms with Gasteiger partial charge in [-0.15, -0.1) is 0 Å². The van der Waals surface area contributed by atoms with E-state index in [1.54, 1.807) is 0 Å². The van der Waals surface area contributed by atoms with Gasteiger partial charge in [0.2, 0.25) is 0 Å². The third-order valence-electron chi connectivity index (χ3n) is 10.2. The molecule has 0 N–H and O–H groups in total. The Morgan fingerprint density at radius 1 is 0.346 bits per heavy atom. The van der Waals surface area contributed by atoms with Crippen LogP contribution in [0.5, 0.6) is 0 Å². The first-order valence-electron chi connectivity index (χ1n) is 17.8. The molecule has 244 valence electrons. The summed E-state index contributed by atoms with van der Waals surface area (Å²) in [4.78, 5) is 2.40. The number of hydrogen-bond acceptors (Lipinski definition) is 2. The fourth-order valence-corrected chi connectivity index (χ4v) is 7.72. The van der Waals surface area contributed by atoms with Crippen LogP contribution in [0.1, 0.15) is 0 Å². The van der Waals surface area contributed by atoms with Crippen LogP contribution >= 0.6 is 0 Å². The summed E-state index contributed by atoms with van der Waals surface area (Å²) in [6.45, 7) is 0. The van der Waals surface area contributed by atoms with E-state index in [0.717, 1.165) is 49.8 Å². The second kappa shape index (κ2) is 12.5. The van der Waals surface area contributed by atoms with Gasteiger partial charge in [-0.25, -0.2) is 0 Å². The van der Waals surface area contributed by atoms with Gasteiger partial charge in [0.05, 0.1) is 11.1 Å². The van der Waals surface area contributed by atoms with Crippen LogP contribution in [0.15, 0.2) is 205 Å². The standard InChI is InChI=1S/C50H33NO/c1-2-12-34(13-3-1)35-24-26-36(27-25-35)37-28-30-41(31-29-37)51(42-18-10-17-39(32-42)44-22-11-16-38-14-4-6-19-43(38)44)47-33-40-15-5-7-20-45(40)50-49(47)46-21-8-9-23-48(46)52-50/h1-33H. The van der Waals surface area contributed by atoms with Crippen molar-refractivity contribution in [1.29, 1.82) is 0 Å². The molecule has 0 amide bonds. The van der Waals surface area contributed by atoms with E-state index in [2.05, 4.69) is 199 Å². The summed E-state index contributed by atoms with van der Waals surface area (Å²) in [5.74, 6) is 0. The molecule has 0 spiro atoms. The van der Waals surface area contributed by atoms with Crippen LogP contribution < -0.4 is 4.90 Å². The quantitative estimate of drug-likeness (QED) is 0.176. The average Bonchev–Trinajstić information content (AvgIpc) is 3.62. The molecule has 10 rings (SSSR count). The molecule has 0 unspecified atom stereocenters. The molecule has 2 heteroatoms. The zero-order valence-electron chi connectivity index (χ0n) is 28.4. The first-order chi connectivity index (χ1) is 25.8. The van der Waals surface area contributed by atoms with E-state index in [-0.39, 0.29) is 0 Å². The highest BCUT2D eigenvalue weighted by Crippen LogP contribution is 2.47. The van der Waals surface area contributed by atoms with Crippen molar-refractivity contribution < 1.29 is 4.42 Å². The second-order valence-corrected chi connectivity index (χ2v) is 13.3. The molecule has 0 bridgehead atoms. The maximum absolute atomic E-state index is 6.66. The molecule has 0 aliphatic heterocycles. The molecule has 52 heavy (non-hydrogen) atoms. The van der Waals surface area contributed by atoms with Crippen LogP contribution in [-0.4, -0.2) is 0 Å². The van der Waals surface area contributed by atoms with Crippen LogP contribution in [0.2, 0.25) is 0 Å². The lowest BCUT2D eigenvalue weighted by Crippen LogP contribution is -2.10. The monoisotopic (exact) mass is 663 g/mol. The molecule has 1 heterocycles. The third-order valence-corrected chi connectivity index (χ3v) is 10.2. The number of fused-ring (bicyclic) bond motifs is 6. The molecule has 9 aromatic carbocycles. The lowest BCUT2D eigenvalue weighted by atomic mass is 9.97. The molecular weight excluding hydrogens is 631 g/mol. The zero-order valence-corrected chi connectivity index (χ0v) is 28.4. The van der Waals surface area contributed by atoms with E-state index >= 15 is 0 Å². The van der Waals surface area contributed by atoms with E-state index in [4.69, 9.17) is 4.42 Å². The Morgan fingerprint density at radius 2 is 0.904 bits per heavy atom. The second-order valence-electron chi connectivity index (χ2n) is 13.3. The van der Waals surface area contributed by atoms with E-state index in [9.17, 15) is 0 Å². The minimum atomic E-state index is 0.883. The number of hydrogen-bond donors (Lipinski definition) is 0. The smallest absolute Gasteiger partial charge is 0.145 e. The Morgan fingerprint density at radius 3 is 1.67 bits per heavy atom. The SMILES string of the molecule is c1ccc(-c2ccc(-c3ccc(N(c4cccc(-c5cccc6ccccc56)c4)c4cc5ccccc5c5oc6ccccc6c45)cc3)cc2)cc1. The van der Waals surface area contributed by atoms with Gasteiger partial charge in [0, 0.05) is 22.1 Å². The van der Waals surface area contributed by atoms with Crippen molar-refractivity contribution in [2.45, 2.75) is 0 Å². The summed E-state index contributed by atoms with van der Waals surface area (Å²) in [6, 6.07) is 71.7. The summed E-state index contributed by atoms with van der Waals surface area (Å²) in [5.41, 5.74) is 12.2. The zero-order chi connectivity index (χ0) is 34.4. The Bertz CT molecular complexity index is 2880. The summed E-state index contributed by atoms with van der Waals surface area (Å²) in [6.07, 6.45) is 0. The van der Waals surface area contributed by atoms with Crippen molar-refractivity contribution in [3.05, 3.63) is 200 Å². The number of anilines is 3. The third kappa shape index (κ3) is 5.12. The van der Waals surface area contributed by atoms with Gasteiger partial charge in [-0.3, -0.25) is 0 Å². The molecule has 1 aromatic heterocycles. The first-order valence-corrected chi connectivity index (χ1v) is 17.8. The van der Waals surface area contributed by atoms with E-state index in [1.165, 1.54) is 44.2 Å². The van der Waals surface area contributed by atoms with Crippen LogP contribution in [0.3, 0.4) is 0 Å². The normalized spacial score (nSPS) is 11.5. The molecule has 0 saturated carbocycles. The molecule has 2 nitrogen and oxygen atoms in total.